The molecule has 0 amide bonds. The Hall–Kier alpha value is -0.251. The van der Waals surface area contributed by atoms with Crippen LogP contribution in [0.2, 0.25) is 0 Å². The summed E-state index contributed by atoms with van der Waals surface area (Å²) < 4.78 is 0. The van der Waals surface area contributed by atoms with Gasteiger partial charge in [0.25, 0.3) is 0 Å². The Balaban J connectivity index is -0.00000000225. The molecule has 0 aromatic heterocycles. The average Bonchev–Trinajstić information content (AvgIpc) is 2.33. The molecule has 0 N–H and O–H groups in total. The maximum atomic E-state index is 6.50. The first kappa shape index (κ1) is 104. The number of nitriles is 6. The number of hydrogen-bond donors (Lipinski definition) is 0. The molecule has 0 saturated carbocycles. The standard InChI is InChI=1S/6CHN.ClH.Fe.2Na.2H/c6*1-2;;;;;;/h6*1H;1H;;;;;/q;;;;;;;;2*+1;2*-1. The third-order valence-electron chi connectivity index (χ3n) is 0. The molecule has 0 aromatic rings. The van der Waals surface area contributed by atoms with Crippen LogP contribution in [0.25, 0.3) is 0 Å². The largest absolute Gasteiger partial charge is 1.00 e. The monoisotopic (exact) mass is 302 g/mol. The van der Waals surface area contributed by atoms with Crippen molar-refractivity contribution in [1.82, 2.24) is 0 Å². The van der Waals surface area contributed by atoms with Crippen LogP contribution in [0.5, 0.6) is 0 Å². The minimum Gasteiger partial charge on any atom is -1.00 e. The zero-order chi connectivity index (χ0) is 12.0. The maximum Gasteiger partial charge on any atom is 1.00 e. The fraction of sp³-hybridized carbons (Fsp3) is 0. The first-order chi connectivity index (χ1) is 6.00. The van der Waals surface area contributed by atoms with Crippen LogP contribution in [0.15, 0.2) is 0 Å². The molecule has 0 spiro atoms. The molecule has 0 rings (SSSR count). The summed E-state index contributed by atoms with van der Waals surface area (Å²) in [5.41, 5.74) is 0. The van der Waals surface area contributed by atoms with E-state index in [1.807, 2.05) is 0 Å². The Morgan fingerprint density at radius 2 is 0.438 bits per heavy atom. The van der Waals surface area contributed by atoms with Gasteiger partial charge in [-0.25, -0.2) is 31.6 Å². The van der Waals surface area contributed by atoms with Gasteiger partial charge in [-0.2, -0.15) is 0 Å². The second kappa shape index (κ2) is 44400. The summed E-state index contributed by atoms with van der Waals surface area (Å²) in [6.45, 7) is 21.0. The van der Waals surface area contributed by atoms with E-state index < -0.39 is 0 Å². The van der Waals surface area contributed by atoms with Gasteiger partial charge < -0.3 is 2.85 Å². The van der Waals surface area contributed by atoms with Gasteiger partial charge in [0.05, 0.1) is 0 Å². The van der Waals surface area contributed by atoms with Gasteiger partial charge in [-0.15, -0.1) is 12.4 Å². The Bertz CT molecular complexity index is 115. The third kappa shape index (κ3) is 35600. The molecule has 0 fully saturated rings. The number of hydrogen-bond acceptors (Lipinski definition) is 6. The molecule has 0 heterocycles. The van der Waals surface area contributed by atoms with Crippen LogP contribution in [0.3, 0.4) is 0 Å². The molecule has 0 aliphatic rings. The molecule has 0 bridgehead atoms. The number of nitrogens with zero attached hydrogens (tertiary/aromatic N) is 6. The van der Waals surface area contributed by atoms with Crippen molar-refractivity contribution in [2.24, 2.45) is 0 Å². The summed E-state index contributed by atoms with van der Waals surface area (Å²) in [5.74, 6) is 0. The smallest absolute Gasteiger partial charge is 1.00 e. The molecule has 16 heavy (non-hydrogen) atoms. The van der Waals surface area contributed by atoms with Gasteiger partial charge in [0.1, 0.15) is 0 Å². The van der Waals surface area contributed by atoms with E-state index in [1.54, 1.807) is 0 Å². The van der Waals surface area contributed by atoms with Crippen molar-refractivity contribution in [1.29, 1.82) is 31.6 Å². The van der Waals surface area contributed by atoms with Gasteiger partial charge in [-0.05, 0) is 0 Å². The molecule has 0 aromatic carbocycles. The van der Waals surface area contributed by atoms with E-state index in [0.29, 0.717) is 0 Å². The van der Waals surface area contributed by atoms with Gasteiger partial charge in [0, 0.05) is 56.5 Å². The fourth-order valence-electron chi connectivity index (χ4n) is 0. The van der Waals surface area contributed by atoms with Crippen molar-refractivity contribution in [2.75, 3.05) is 0 Å². The van der Waals surface area contributed by atoms with Crippen LogP contribution in [0.1, 0.15) is 2.85 Å². The molecule has 6 nitrogen and oxygen atoms in total. The minimum absolute atomic E-state index is 0. The number of halogens is 1. The van der Waals surface area contributed by atoms with Crippen molar-refractivity contribution in [3.05, 3.63) is 0 Å². The predicted molar refractivity (Wildman–Crippen MR) is 49.5 cm³/mol. The van der Waals surface area contributed by atoms with Gasteiger partial charge in [0.15, 0.2) is 0 Å². The van der Waals surface area contributed by atoms with Crippen LogP contribution in [-0.4, -0.2) is 0 Å². The van der Waals surface area contributed by atoms with Crippen LogP contribution >= 0.6 is 12.4 Å². The van der Waals surface area contributed by atoms with Crippen molar-refractivity contribution in [3.63, 3.8) is 0 Å². The second-order valence-corrected chi connectivity index (χ2v) is 0. The quantitative estimate of drug-likeness (QED) is 0.412. The zero-order valence-corrected chi connectivity index (χ0v) is 14.8. The molecule has 0 aliphatic heterocycles. The average molecular weight is 302 g/mol. The molecule has 0 aliphatic carbocycles. The Kier molecular flexibility index (Phi) is 288000. The first-order valence-corrected chi connectivity index (χ1v) is 1.55. The van der Waals surface area contributed by atoms with E-state index in [4.69, 9.17) is 31.6 Å². The van der Waals surface area contributed by atoms with Gasteiger partial charge in [-0.3, -0.25) is 0 Å². The van der Waals surface area contributed by atoms with Gasteiger partial charge in [0.2, 0.25) is 0 Å². The SMILES string of the molecule is C#N.C#N.C#N.C#N.C#N.C#N.Cl.[Fe].[H-].[H-].[Na+].[Na+]. The topological polar surface area (TPSA) is 143 Å². The zero-order valence-electron chi connectivity index (χ0n) is 10.9. The van der Waals surface area contributed by atoms with E-state index in [9.17, 15) is 0 Å². The van der Waals surface area contributed by atoms with Gasteiger partial charge >= 0.3 is 59.1 Å². The molecule has 0 saturated heterocycles. The Labute approximate surface area is 160 Å². The summed E-state index contributed by atoms with van der Waals surface area (Å²) in [6.07, 6.45) is 0. The van der Waals surface area contributed by atoms with E-state index in [0.717, 1.165) is 0 Å². The molecule has 0 radical (unpaired) electrons. The summed E-state index contributed by atoms with van der Waals surface area (Å²) in [5, 5.41) is 39.0. The summed E-state index contributed by atoms with van der Waals surface area (Å²) in [7, 11) is 0. The number of rotatable bonds is 0. The van der Waals surface area contributed by atoms with E-state index in [2.05, 4.69) is 39.4 Å². The maximum absolute atomic E-state index is 6.50. The molecule has 0 atom stereocenters. The Morgan fingerprint density at radius 1 is 0.438 bits per heavy atom. The van der Waals surface area contributed by atoms with Crippen LogP contribution in [0, 0.1) is 71.0 Å². The molecule has 0 unspecified atom stereocenters. The molecule has 80 valence electrons. The predicted octanol–water partition coefficient (Wildman–Crippen LogP) is -4.51. The normalized spacial score (nSPS) is 0.750. The van der Waals surface area contributed by atoms with Crippen LogP contribution in [-0.2, 0) is 17.1 Å². The summed E-state index contributed by atoms with van der Waals surface area (Å²) in [4.78, 5) is 0. The van der Waals surface area contributed by atoms with Crippen LogP contribution < -0.4 is 59.1 Å². The van der Waals surface area contributed by atoms with E-state index in [-0.39, 0.29) is 91.4 Å². The van der Waals surface area contributed by atoms with Crippen molar-refractivity contribution in [3.8, 4) is 39.4 Å². The minimum atomic E-state index is 0. The molecular weight excluding hydrogens is 293 g/mol. The van der Waals surface area contributed by atoms with Crippen molar-refractivity contribution >= 4 is 12.4 Å². The van der Waals surface area contributed by atoms with Crippen molar-refractivity contribution in [2.45, 2.75) is 0 Å². The Morgan fingerprint density at radius 3 is 0.438 bits per heavy atom. The second-order valence-electron chi connectivity index (χ2n) is 0. The molecular formula is C6H9ClFeN6Na2. The van der Waals surface area contributed by atoms with Crippen LogP contribution in [0.4, 0.5) is 0 Å². The van der Waals surface area contributed by atoms with E-state index in [1.165, 1.54) is 0 Å². The van der Waals surface area contributed by atoms with Gasteiger partial charge in [-0.1, -0.05) is 0 Å². The summed E-state index contributed by atoms with van der Waals surface area (Å²) >= 11 is 0. The van der Waals surface area contributed by atoms with Crippen molar-refractivity contribution < 1.29 is 79.0 Å². The molecule has 10 heteroatoms. The summed E-state index contributed by atoms with van der Waals surface area (Å²) in [6, 6.07) is 0. The fourth-order valence-corrected chi connectivity index (χ4v) is 0. The first-order valence-electron chi connectivity index (χ1n) is 1.55. The third-order valence-corrected chi connectivity index (χ3v) is 0. The van der Waals surface area contributed by atoms with E-state index >= 15 is 0 Å².